The molecule has 1 heteroatoms. The third-order valence-corrected chi connectivity index (χ3v) is 6.63. The van der Waals surface area contributed by atoms with E-state index in [1.165, 1.54) is 0 Å². The molecule has 0 unspecified atom stereocenters. The topological polar surface area (TPSA) is 0 Å². The van der Waals surface area contributed by atoms with E-state index in [9.17, 15) is 0 Å². The van der Waals surface area contributed by atoms with Gasteiger partial charge in [0.15, 0.2) is 0 Å². The molecule has 0 heterocycles. The first-order chi connectivity index (χ1) is 4.13. The Kier molecular flexibility index (Phi) is 5.81. The van der Waals surface area contributed by atoms with Crippen molar-refractivity contribution in [1.82, 2.24) is 0 Å². The first kappa shape index (κ1) is 9.64. The van der Waals surface area contributed by atoms with Crippen LogP contribution in [0.15, 0.2) is 0 Å². The van der Waals surface area contributed by atoms with E-state index in [0.29, 0.717) is 0 Å². The van der Waals surface area contributed by atoms with Gasteiger partial charge in [0.05, 0.1) is 0 Å². The fraction of sp³-hybridized carbons (Fsp3) is 1.00. The normalized spacial score (nSPS) is 10.4. The van der Waals surface area contributed by atoms with Gasteiger partial charge < -0.3 is 1.43 Å². The molecule has 0 saturated carbocycles. The van der Waals surface area contributed by atoms with Crippen LogP contribution < -0.4 is 0 Å². The average molecular weight is 185 g/mol. The molecule has 0 aliphatic heterocycles. The molecule has 0 amide bonds. The Balaban J connectivity index is 0. The van der Waals surface area contributed by atoms with E-state index in [4.69, 9.17) is 0 Å². The zero-order valence-corrected chi connectivity index (χ0v) is 9.57. The summed E-state index contributed by atoms with van der Waals surface area (Å²) >= 11 is 0.179. The second-order valence-corrected chi connectivity index (χ2v) is 6.74. The van der Waals surface area contributed by atoms with E-state index in [1.54, 1.807) is 9.95 Å². The molecule has 0 aliphatic rings. The molecule has 0 N–H and O–H groups in total. The minimum Gasteiger partial charge on any atom is -1.00 e. The molecule has 0 spiro atoms. The Bertz CT molecular complexity index is 54.3. The third kappa shape index (κ3) is 8.64. The smallest absolute Gasteiger partial charge is 1.00 e. The number of rotatable bonds is 4. The summed E-state index contributed by atoms with van der Waals surface area (Å²) in [7, 11) is 0. The molecular formula is C8H19Ga. The SMILES string of the molecule is CC(C)[CH2][Ga+][CH2]C(C)C.[H-]. The van der Waals surface area contributed by atoms with Crippen LogP contribution in [-0.4, -0.2) is 17.4 Å². The van der Waals surface area contributed by atoms with Gasteiger partial charge in [-0.3, -0.25) is 0 Å². The standard InChI is InChI=1S/2C4H9.Ga.H/c2*1-4(2)3;;/h2*4H,1H2,2-3H3;;/q;;+1;-1. The summed E-state index contributed by atoms with van der Waals surface area (Å²) in [5.41, 5.74) is 0. The summed E-state index contributed by atoms with van der Waals surface area (Å²) in [5.74, 6) is 1.92. The zero-order chi connectivity index (χ0) is 7.28. The van der Waals surface area contributed by atoms with Crippen molar-refractivity contribution in [2.24, 2.45) is 11.8 Å². The Morgan fingerprint density at radius 2 is 1.33 bits per heavy atom. The quantitative estimate of drug-likeness (QED) is 0.590. The molecule has 54 valence electrons. The molecule has 0 nitrogen and oxygen atoms in total. The second-order valence-electron chi connectivity index (χ2n) is 3.55. The predicted octanol–water partition coefficient (Wildman–Crippen LogP) is 2.95. The van der Waals surface area contributed by atoms with Crippen molar-refractivity contribution in [3.8, 4) is 0 Å². The summed E-state index contributed by atoms with van der Waals surface area (Å²) in [6, 6.07) is 0. The summed E-state index contributed by atoms with van der Waals surface area (Å²) < 4.78 is 0. The molecule has 0 fully saturated rings. The average Bonchev–Trinajstić information content (AvgIpc) is 1.63. The summed E-state index contributed by atoms with van der Waals surface area (Å²) in [6.07, 6.45) is 0. The summed E-state index contributed by atoms with van der Waals surface area (Å²) in [6.45, 7) is 9.32. The molecule has 0 bridgehead atoms. The molecule has 0 aromatic heterocycles. The van der Waals surface area contributed by atoms with E-state index < -0.39 is 0 Å². The predicted molar refractivity (Wildman–Crippen MR) is 46.2 cm³/mol. The maximum absolute atomic E-state index is 2.33. The third-order valence-electron chi connectivity index (χ3n) is 1.28. The molecule has 0 saturated heterocycles. The minimum atomic E-state index is 0. The Morgan fingerprint density at radius 1 is 1.00 bits per heavy atom. The maximum atomic E-state index is 2.33. The van der Waals surface area contributed by atoms with E-state index >= 15 is 0 Å². The molecular weight excluding hydrogens is 166 g/mol. The van der Waals surface area contributed by atoms with Crippen LogP contribution in [0.1, 0.15) is 29.1 Å². The van der Waals surface area contributed by atoms with Crippen LogP contribution in [0.3, 0.4) is 0 Å². The van der Waals surface area contributed by atoms with E-state index in [1.807, 2.05) is 0 Å². The fourth-order valence-corrected chi connectivity index (χ4v) is 3.96. The minimum absolute atomic E-state index is 0. The van der Waals surface area contributed by atoms with Gasteiger partial charge in [-0.15, -0.1) is 0 Å². The Labute approximate surface area is 68.7 Å². The summed E-state index contributed by atoms with van der Waals surface area (Å²) in [4.78, 5) is 3.11. The largest absolute Gasteiger partial charge is 1.00 e. The maximum Gasteiger partial charge on any atom is -1.00 e. The van der Waals surface area contributed by atoms with Crippen molar-refractivity contribution in [1.29, 1.82) is 0 Å². The van der Waals surface area contributed by atoms with Gasteiger partial charge >= 0.3 is 66.9 Å². The molecule has 0 atom stereocenters. The van der Waals surface area contributed by atoms with Gasteiger partial charge in [0, 0.05) is 0 Å². The summed E-state index contributed by atoms with van der Waals surface area (Å²) in [5, 5.41) is 0. The Morgan fingerprint density at radius 3 is 1.56 bits per heavy atom. The van der Waals surface area contributed by atoms with Gasteiger partial charge in [-0.2, -0.15) is 0 Å². The van der Waals surface area contributed by atoms with Crippen LogP contribution in [0, 0.1) is 11.8 Å². The van der Waals surface area contributed by atoms with Crippen molar-refractivity contribution in [2.45, 2.75) is 37.6 Å². The fourth-order valence-electron chi connectivity index (χ4n) is 0.763. The first-order valence-corrected chi connectivity index (χ1v) is 7.37. The van der Waals surface area contributed by atoms with Crippen LogP contribution in [-0.2, 0) is 0 Å². The van der Waals surface area contributed by atoms with Crippen LogP contribution in [0.5, 0.6) is 0 Å². The van der Waals surface area contributed by atoms with Gasteiger partial charge in [0.25, 0.3) is 0 Å². The van der Waals surface area contributed by atoms with E-state index in [-0.39, 0.29) is 18.8 Å². The van der Waals surface area contributed by atoms with Gasteiger partial charge in [0.1, 0.15) is 0 Å². The van der Waals surface area contributed by atoms with Crippen molar-refractivity contribution in [2.75, 3.05) is 0 Å². The van der Waals surface area contributed by atoms with Gasteiger partial charge in [0.2, 0.25) is 0 Å². The van der Waals surface area contributed by atoms with E-state index in [2.05, 4.69) is 27.7 Å². The molecule has 0 aromatic carbocycles. The van der Waals surface area contributed by atoms with Crippen molar-refractivity contribution < 1.29 is 1.43 Å². The van der Waals surface area contributed by atoms with Crippen molar-refractivity contribution in [3.05, 3.63) is 0 Å². The molecule has 0 rings (SSSR count). The number of hydrogen-bond acceptors (Lipinski definition) is 0. The van der Waals surface area contributed by atoms with Crippen LogP contribution >= 0.6 is 0 Å². The van der Waals surface area contributed by atoms with Crippen molar-refractivity contribution >= 4 is 17.4 Å². The van der Waals surface area contributed by atoms with Gasteiger partial charge in [-0.1, -0.05) is 0 Å². The van der Waals surface area contributed by atoms with Gasteiger partial charge in [-0.05, 0) is 0 Å². The second kappa shape index (κ2) is 5.42. The Hall–Kier alpha value is 0.636. The first-order valence-electron chi connectivity index (χ1n) is 3.94. The van der Waals surface area contributed by atoms with Crippen molar-refractivity contribution in [3.63, 3.8) is 0 Å². The zero-order valence-electron chi connectivity index (χ0n) is 8.15. The molecule has 9 heavy (non-hydrogen) atoms. The van der Waals surface area contributed by atoms with Crippen LogP contribution in [0.25, 0.3) is 0 Å². The monoisotopic (exact) mass is 184 g/mol. The molecule has 0 aliphatic carbocycles. The van der Waals surface area contributed by atoms with Crippen LogP contribution in [0.4, 0.5) is 0 Å². The molecule has 0 aromatic rings. The van der Waals surface area contributed by atoms with Gasteiger partial charge in [-0.25, -0.2) is 0 Å². The van der Waals surface area contributed by atoms with Crippen LogP contribution in [0.2, 0.25) is 9.95 Å². The number of hydrogen-bond donors (Lipinski definition) is 0. The van der Waals surface area contributed by atoms with E-state index in [0.717, 1.165) is 11.8 Å². The molecule has 0 radical (unpaired) electrons.